The number of hydrogen-bond acceptors (Lipinski definition) is 3. The second kappa shape index (κ2) is 12.8. The van der Waals surface area contributed by atoms with Gasteiger partial charge >= 0.3 is 0 Å². The molecule has 5 heteroatoms. The van der Waals surface area contributed by atoms with E-state index in [-0.39, 0.29) is 23.6 Å². The maximum Gasteiger partial charge on any atom is 0.233 e. The van der Waals surface area contributed by atoms with Crippen molar-refractivity contribution in [1.29, 1.82) is 0 Å². The van der Waals surface area contributed by atoms with E-state index in [1.165, 1.54) is 5.56 Å². The number of carbonyl (C=O) groups is 1. The summed E-state index contributed by atoms with van der Waals surface area (Å²) in [5, 5.41) is 6.34. The Hall–Kier alpha value is -0.710. The summed E-state index contributed by atoms with van der Waals surface area (Å²) >= 11 is 1.73. The fraction of sp³-hybridized carbons (Fsp3) is 0.588. The third kappa shape index (κ3) is 8.66. The maximum atomic E-state index is 12.3. The summed E-state index contributed by atoms with van der Waals surface area (Å²) in [6, 6.07) is 10.3. The van der Waals surface area contributed by atoms with Crippen LogP contribution in [0.3, 0.4) is 0 Å². The second-order valence-electron chi connectivity index (χ2n) is 5.50. The molecule has 1 aromatic rings. The molecule has 0 saturated heterocycles. The third-order valence-electron chi connectivity index (χ3n) is 3.16. The van der Waals surface area contributed by atoms with Gasteiger partial charge in [-0.2, -0.15) is 0 Å². The molecular weight excluding hydrogens is 316 g/mol. The first-order chi connectivity index (χ1) is 10.1. The highest BCUT2D eigenvalue weighted by Crippen LogP contribution is 2.23. The van der Waals surface area contributed by atoms with Gasteiger partial charge in [-0.05, 0) is 24.4 Å². The molecule has 1 atom stereocenters. The van der Waals surface area contributed by atoms with Crippen molar-refractivity contribution in [2.24, 2.45) is 5.92 Å². The summed E-state index contributed by atoms with van der Waals surface area (Å²) in [6.07, 6.45) is 1.12. The van der Waals surface area contributed by atoms with Crippen molar-refractivity contribution in [3.8, 4) is 0 Å². The predicted molar refractivity (Wildman–Crippen MR) is 99.8 cm³/mol. The highest BCUT2D eigenvalue weighted by atomic mass is 35.5. The van der Waals surface area contributed by atoms with Crippen molar-refractivity contribution < 1.29 is 4.79 Å². The van der Waals surface area contributed by atoms with Gasteiger partial charge in [-0.25, -0.2) is 0 Å². The van der Waals surface area contributed by atoms with Gasteiger partial charge in [-0.1, -0.05) is 51.1 Å². The Morgan fingerprint density at radius 3 is 2.41 bits per heavy atom. The SMILES string of the molecule is CCCNCCNC(=O)C(SCc1ccccc1)C(C)C.Cl. The molecule has 1 aromatic carbocycles. The first-order valence-electron chi connectivity index (χ1n) is 7.79. The molecule has 2 N–H and O–H groups in total. The van der Waals surface area contributed by atoms with Gasteiger partial charge in [0.25, 0.3) is 0 Å². The fourth-order valence-corrected chi connectivity index (χ4v) is 3.19. The number of thioether (sulfide) groups is 1. The molecule has 0 aromatic heterocycles. The van der Waals surface area contributed by atoms with Gasteiger partial charge in [-0.15, -0.1) is 24.2 Å². The minimum atomic E-state index is 0. The highest BCUT2D eigenvalue weighted by molar-refractivity contribution is 7.99. The predicted octanol–water partition coefficient (Wildman–Crippen LogP) is 3.48. The molecule has 0 heterocycles. The van der Waals surface area contributed by atoms with Crippen LogP contribution in [0.5, 0.6) is 0 Å². The van der Waals surface area contributed by atoms with Crippen molar-refractivity contribution in [2.75, 3.05) is 19.6 Å². The molecule has 0 spiro atoms. The Bertz CT molecular complexity index is 401. The van der Waals surface area contributed by atoms with E-state index in [0.717, 1.165) is 25.3 Å². The minimum absolute atomic E-state index is 0. The Kier molecular flexibility index (Phi) is 12.4. The zero-order chi connectivity index (χ0) is 15.5. The number of amides is 1. The highest BCUT2D eigenvalue weighted by Gasteiger charge is 2.22. The molecule has 0 aliphatic rings. The molecule has 22 heavy (non-hydrogen) atoms. The van der Waals surface area contributed by atoms with Crippen LogP contribution < -0.4 is 10.6 Å². The summed E-state index contributed by atoms with van der Waals surface area (Å²) in [5.74, 6) is 1.37. The molecular formula is C17H29ClN2OS. The van der Waals surface area contributed by atoms with Crippen LogP contribution in [0, 0.1) is 5.92 Å². The quantitative estimate of drug-likeness (QED) is 0.638. The van der Waals surface area contributed by atoms with Gasteiger partial charge in [-0.3, -0.25) is 4.79 Å². The van der Waals surface area contributed by atoms with Crippen molar-refractivity contribution in [3.05, 3.63) is 35.9 Å². The topological polar surface area (TPSA) is 41.1 Å². The zero-order valence-corrected chi connectivity index (χ0v) is 15.4. The van der Waals surface area contributed by atoms with Crippen LogP contribution >= 0.6 is 24.2 Å². The first-order valence-corrected chi connectivity index (χ1v) is 8.84. The van der Waals surface area contributed by atoms with Gasteiger partial charge in [0.05, 0.1) is 5.25 Å². The summed E-state index contributed by atoms with van der Waals surface area (Å²) in [6.45, 7) is 8.91. The average molecular weight is 345 g/mol. The third-order valence-corrected chi connectivity index (χ3v) is 4.78. The lowest BCUT2D eigenvalue weighted by atomic mass is 10.1. The van der Waals surface area contributed by atoms with Gasteiger partial charge in [0.1, 0.15) is 0 Å². The van der Waals surface area contributed by atoms with Crippen molar-refractivity contribution in [2.45, 2.75) is 38.2 Å². The Morgan fingerprint density at radius 2 is 1.82 bits per heavy atom. The van der Waals surface area contributed by atoms with E-state index < -0.39 is 0 Å². The van der Waals surface area contributed by atoms with Gasteiger partial charge in [0.15, 0.2) is 0 Å². The van der Waals surface area contributed by atoms with E-state index in [1.807, 2.05) is 18.2 Å². The molecule has 1 amide bonds. The van der Waals surface area contributed by atoms with E-state index in [9.17, 15) is 4.79 Å². The lowest BCUT2D eigenvalue weighted by molar-refractivity contribution is -0.121. The molecule has 0 aliphatic carbocycles. The largest absolute Gasteiger partial charge is 0.354 e. The lowest BCUT2D eigenvalue weighted by Crippen LogP contribution is -2.39. The number of benzene rings is 1. The molecule has 1 rings (SSSR count). The van der Waals surface area contributed by atoms with Gasteiger partial charge in [0, 0.05) is 18.8 Å². The van der Waals surface area contributed by atoms with Crippen LogP contribution in [-0.2, 0) is 10.5 Å². The summed E-state index contributed by atoms with van der Waals surface area (Å²) < 4.78 is 0. The van der Waals surface area contributed by atoms with E-state index in [2.05, 4.69) is 43.5 Å². The van der Waals surface area contributed by atoms with Crippen LogP contribution in [-0.4, -0.2) is 30.8 Å². The number of carbonyl (C=O) groups excluding carboxylic acids is 1. The van der Waals surface area contributed by atoms with Gasteiger partial charge in [0.2, 0.25) is 5.91 Å². The van der Waals surface area contributed by atoms with E-state index >= 15 is 0 Å². The van der Waals surface area contributed by atoms with E-state index in [1.54, 1.807) is 11.8 Å². The van der Waals surface area contributed by atoms with Gasteiger partial charge < -0.3 is 10.6 Å². The summed E-state index contributed by atoms with van der Waals surface area (Å²) in [4.78, 5) is 12.3. The Morgan fingerprint density at radius 1 is 1.14 bits per heavy atom. The molecule has 3 nitrogen and oxygen atoms in total. The normalized spacial score (nSPS) is 11.8. The number of rotatable bonds is 10. The Balaban J connectivity index is 0.00000441. The van der Waals surface area contributed by atoms with Crippen LogP contribution in [0.1, 0.15) is 32.8 Å². The summed E-state index contributed by atoms with van der Waals surface area (Å²) in [5.41, 5.74) is 1.27. The minimum Gasteiger partial charge on any atom is -0.354 e. The number of halogens is 1. The molecule has 1 unspecified atom stereocenters. The molecule has 0 radical (unpaired) electrons. The Labute approximate surface area is 145 Å². The van der Waals surface area contributed by atoms with E-state index in [0.29, 0.717) is 12.5 Å². The first kappa shape index (κ1) is 21.3. The standard InChI is InChI=1S/C17H28N2OS.ClH/c1-4-10-18-11-12-19-17(20)16(14(2)3)21-13-15-8-6-5-7-9-15;/h5-9,14,16,18H,4,10-13H2,1-3H3,(H,19,20);1H. The lowest BCUT2D eigenvalue weighted by Gasteiger charge is -2.20. The molecule has 0 fully saturated rings. The monoisotopic (exact) mass is 344 g/mol. The molecule has 0 aliphatic heterocycles. The zero-order valence-electron chi connectivity index (χ0n) is 13.8. The fourth-order valence-electron chi connectivity index (χ4n) is 2.01. The van der Waals surface area contributed by atoms with Crippen LogP contribution in [0.25, 0.3) is 0 Å². The molecule has 0 saturated carbocycles. The van der Waals surface area contributed by atoms with Crippen LogP contribution in [0.15, 0.2) is 30.3 Å². The average Bonchev–Trinajstić information content (AvgIpc) is 2.48. The maximum absolute atomic E-state index is 12.3. The summed E-state index contributed by atoms with van der Waals surface area (Å²) in [7, 11) is 0. The molecule has 0 bridgehead atoms. The smallest absolute Gasteiger partial charge is 0.233 e. The molecule has 126 valence electrons. The van der Waals surface area contributed by atoms with Crippen LogP contribution in [0.4, 0.5) is 0 Å². The van der Waals surface area contributed by atoms with Crippen molar-refractivity contribution in [1.82, 2.24) is 10.6 Å². The van der Waals surface area contributed by atoms with E-state index in [4.69, 9.17) is 0 Å². The number of hydrogen-bond donors (Lipinski definition) is 2. The van der Waals surface area contributed by atoms with Crippen molar-refractivity contribution in [3.63, 3.8) is 0 Å². The second-order valence-corrected chi connectivity index (χ2v) is 6.63. The van der Waals surface area contributed by atoms with Crippen molar-refractivity contribution >= 4 is 30.1 Å². The van der Waals surface area contributed by atoms with Crippen LogP contribution in [0.2, 0.25) is 0 Å². The number of nitrogens with one attached hydrogen (secondary N) is 2.